The zero-order chi connectivity index (χ0) is 14.3. The molecule has 0 aliphatic rings. The Balaban J connectivity index is 2.74. The van der Waals surface area contributed by atoms with E-state index in [0.29, 0.717) is 23.0 Å². The maximum Gasteiger partial charge on any atom is 0.224 e. The van der Waals surface area contributed by atoms with Crippen LogP contribution in [0.1, 0.15) is 5.56 Å². The van der Waals surface area contributed by atoms with Gasteiger partial charge in [-0.05, 0) is 24.4 Å². The minimum atomic E-state index is 0.0463. The molecule has 5 nitrogen and oxygen atoms in total. The predicted molar refractivity (Wildman–Crippen MR) is 82.4 cm³/mol. The van der Waals surface area contributed by atoms with Crippen LogP contribution in [0.5, 0.6) is 11.5 Å². The lowest BCUT2D eigenvalue weighted by Crippen LogP contribution is -2.82. The Kier molecular flexibility index (Phi) is 6.31. The molecule has 1 rings (SSSR count). The van der Waals surface area contributed by atoms with Crippen LogP contribution in [0.25, 0.3) is 0 Å². The number of methoxy groups -OCH3 is 1. The van der Waals surface area contributed by atoms with Crippen LogP contribution in [0.3, 0.4) is 0 Å². The number of hydrogen-bond donors (Lipinski definition) is 4. The van der Waals surface area contributed by atoms with Crippen molar-refractivity contribution >= 4 is 39.5 Å². The molecule has 0 saturated carbocycles. The SMILES string of the molecule is C=CCNC(=S)N[NH+]=Cc1cc(Br)cc(OC)c1O. The number of phenolic OH excluding ortho intramolecular Hbond substituents is 1. The Morgan fingerprint density at radius 1 is 1.63 bits per heavy atom. The molecule has 0 atom stereocenters. The highest BCUT2D eigenvalue weighted by molar-refractivity contribution is 9.10. The van der Waals surface area contributed by atoms with Crippen molar-refractivity contribution in [3.63, 3.8) is 0 Å². The topological polar surface area (TPSA) is 67.5 Å². The molecule has 7 heteroatoms. The summed E-state index contributed by atoms with van der Waals surface area (Å²) in [4.78, 5) is 0. The highest BCUT2D eigenvalue weighted by atomic mass is 79.9. The van der Waals surface area contributed by atoms with E-state index in [9.17, 15) is 5.11 Å². The van der Waals surface area contributed by atoms with Gasteiger partial charge in [0.15, 0.2) is 11.5 Å². The molecular formula is C12H15BrN3O2S+. The molecule has 0 aliphatic heterocycles. The second-order valence-electron chi connectivity index (χ2n) is 3.46. The molecule has 1 aromatic rings. The first-order chi connectivity index (χ1) is 9.08. The molecule has 0 aromatic heterocycles. The smallest absolute Gasteiger partial charge is 0.224 e. The number of hydrogen-bond acceptors (Lipinski definition) is 3. The van der Waals surface area contributed by atoms with E-state index in [0.717, 1.165) is 4.47 Å². The Bertz CT molecular complexity index is 506. The summed E-state index contributed by atoms with van der Waals surface area (Å²) in [5.41, 5.74) is 3.31. The average Bonchev–Trinajstić information content (AvgIpc) is 2.39. The van der Waals surface area contributed by atoms with Crippen LogP contribution in [-0.4, -0.2) is 30.1 Å². The Labute approximate surface area is 125 Å². The van der Waals surface area contributed by atoms with Crippen molar-refractivity contribution in [1.29, 1.82) is 0 Å². The van der Waals surface area contributed by atoms with Crippen LogP contribution in [0.4, 0.5) is 0 Å². The van der Waals surface area contributed by atoms with Gasteiger partial charge in [-0.25, -0.2) is 0 Å². The second kappa shape index (κ2) is 7.75. The summed E-state index contributed by atoms with van der Waals surface area (Å²) in [5.74, 6) is 0.430. The summed E-state index contributed by atoms with van der Waals surface area (Å²) in [7, 11) is 1.49. The first-order valence-corrected chi connectivity index (χ1v) is 6.58. The maximum absolute atomic E-state index is 9.91. The number of hydrazone groups is 1. The van der Waals surface area contributed by atoms with Crippen LogP contribution in [-0.2, 0) is 0 Å². The molecule has 0 amide bonds. The Morgan fingerprint density at radius 2 is 2.37 bits per heavy atom. The van der Waals surface area contributed by atoms with Gasteiger partial charge >= 0.3 is 0 Å². The molecule has 19 heavy (non-hydrogen) atoms. The minimum absolute atomic E-state index is 0.0463. The largest absolute Gasteiger partial charge is 0.504 e. The van der Waals surface area contributed by atoms with Gasteiger partial charge in [-0.3, -0.25) is 0 Å². The zero-order valence-electron chi connectivity index (χ0n) is 10.4. The summed E-state index contributed by atoms with van der Waals surface area (Å²) >= 11 is 8.33. The number of ether oxygens (including phenoxy) is 1. The molecule has 0 bridgehead atoms. The fourth-order valence-electron chi connectivity index (χ4n) is 1.25. The summed E-state index contributed by atoms with van der Waals surface area (Å²) in [6, 6.07) is 3.42. The third-order valence-electron chi connectivity index (χ3n) is 2.11. The molecule has 0 unspecified atom stereocenters. The van der Waals surface area contributed by atoms with Gasteiger partial charge in [0, 0.05) is 11.0 Å². The molecule has 0 heterocycles. The van der Waals surface area contributed by atoms with Crippen LogP contribution >= 0.6 is 28.1 Å². The van der Waals surface area contributed by atoms with E-state index in [1.54, 1.807) is 24.4 Å². The fraction of sp³-hybridized carbons (Fsp3) is 0.167. The van der Waals surface area contributed by atoms with E-state index in [-0.39, 0.29) is 5.75 Å². The van der Waals surface area contributed by atoms with Crippen molar-refractivity contribution in [2.75, 3.05) is 13.7 Å². The highest BCUT2D eigenvalue weighted by Gasteiger charge is 2.10. The van der Waals surface area contributed by atoms with Crippen LogP contribution in [0.2, 0.25) is 0 Å². The molecule has 4 N–H and O–H groups in total. The van der Waals surface area contributed by atoms with Crippen LogP contribution < -0.4 is 20.6 Å². The van der Waals surface area contributed by atoms with Crippen LogP contribution in [0, 0.1) is 0 Å². The fourth-order valence-corrected chi connectivity index (χ4v) is 1.85. The number of hydrazine groups is 1. The number of rotatable bonds is 5. The zero-order valence-corrected chi connectivity index (χ0v) is 12.8. The maximum atomic E-state index is 9.91. The third-order valence-corrected chi connectivity index (χ3v) is 2.81. The van der Waals surface area contributed by atoms with Gasteiger partial charge in [0.2, 0.25) is 11.3 Å². The van der Waals surface area contributed by atoms with Gasteiger partial charge in [0.25, 0.3) is 0 Å². The van der Waals surface area contributed by atoms with Crippen molar-refractivity contribution in [3.05, 3.63) is 34.8 Å². The quantitative estimate of drug-likeness (QED) is 0.266. The molecule has 0 aliphatic carbocycles. The molecule has 1 aromatic carbocycles. The molecule has 0 saturated heterocycles. The van der Waals surface area contributed by atoms with E-state index >= 15 is 0 Å². The normalized spacial score (nSPS) is 10.2. The van der Waals surface area contributed by atoms with Gasteiger partial charge in [-0.2, -0.15) is 0 Å². The number of phenols is 1. The lowest BCUT2D eigenvalue weighted by molar-refractivity contribution is -0.500. The highest BCUT2D eigenvalue weighted by Crippen LogP contribution is 2.32. The minimum Gasteiger partial charge on any atom is -0.504 e. The van der Waals surface area contributed by atoms with Crippen molar-refractivity contribution in [2.24, 2.45) is 0 Å². The van der Waals surface area contributed by atoms with Gasteiger partial charge in [0.1, 0.15) is 0 Å². The van der Waals surface area contributed by atoms with E-state index in [2.05, 4.69) is 38.4 Å². The number of nitrogens with one attached hydrogen (secondary N) is 3. The average molecular weight is 345 g/mol. The predicted octanol–water partition coefficient (Wildman–Crippen LogP) is 0.228. The van der Waals surface area contributed by atoms with Gasteiger partial charge in [-0.1, -0.05) is 22.0 Å². The third kappa shape index (κ3) is 4.88. The van der Waals surface area contributed by atoms with Gasteiger partial charge in [-0.15, -0.1) is 17.1 Å². The first kappa shape index (κ1) is 15.5. The summed E-state index contributed by atoms with van der Waals surface area (Å²) in [6.45, 7) is 4.14. The Morgan fingerprint density at radius 3 is 3.00 bits per heavy atom. The van der Waals surface area contributed by atoms with Crippen LogP contribution in [0.15, 0.2) is 29.3 Å². The van der Waals surface area contributed by atoms with Crippen molar-refractivity contribution in [3.8, 4) is 11.5 Å². The molecular weight excluding hydrogens is 330 g/mol. The van der Waals surface area contributed by atoms with Gasteiger partial charge in [0.05, 0.1) is 12.7 Å². The molecule has 0 spiro atoms. The summed E-state index contributed by atoms with van der Waals surface area (Å²) < 4.78 is 5.84. The first-order valence-electron chi connectivity index (χ1n) is 5.38. The van der Waals surface area contributed by atoms with E-state index in [1.165, 1.54) is 7.11 Å². The van der Waals surface area contributed by atoms with E-state index < -0.39 is 0 Å². The number of aromatic hydroxyl groups is 1. The summed E-state index contributed by atoms with van der Waals surface area (Å²) in [6.07, 6.45) is 3.27. The van der Waals surface area contributed by atoms with Crippen molar-refractivity contribution in [1.82, 2.24) is 10.7 Å². The lowest BCUT2D eigenvalue weighted by Gasteiger charge is -2.05. The van der Waals surface area contributed by atoms with Crippen molar-refractivity contribution < 1.29 is 14.9 Å². The standard InChI is InChI=1S/C12H14BrN3O2S/c1-3-4-14-12(19)16-15-7-8-5-9(13)6-10(18-2)11(8)17/h3,5-7,17H,1,4H2,2H3,(H2,14,16,19)/p+1. The Hall–Kier alpha value is -1.60. The lowest BCUT2D eigenvalue weighted by atomic mass is 10.2. The molecule has 102 valence electrons. The summed E-state index contributed by atoms with van der Waals surface area (Å²) in [5, 5.41) is 16.0. The van der Waals surface area contributed by atoms with Gasteiger partial charge < -0.3 is 15.2 Å². The number of benzene rings is 1. The van der Waals surface area contributed by atoms with E-state index in [1.807, 2.05) is 0 Å². The number of thiocarbonyl (C=S) groups is 1. The monoisotopic (exact) mass is 344 g/mol. The second-order valence-corrected chi connectivity index (χ2v) is 4.78. The number of halogens is 1. The molecule has 0 radical (unpaired) electrons. The molecule has 0 fully saturated rings. The van der Waals surface area contributed by atoms with Crippen molar-refractivity contribution in [2.45, 2.75) is 0 Å². The van der Waals surface area contributed by atoms with E-state index in [4.69, 9.17) is 17.0 Å².